The van der Waals surface area contributed by atoms with Crippen LogP contribution < -0.4 is 5.32 Å². The highest BCUT2D eigenvalue weighted by molar-refractivity contribution is 6.04. The largest absolute Gasteiger partial charge is 0.322 e. The Kier molecular flexibility index (Phi) is 14.2. The average molecular weight is 460 g/mol. The lowest BCUT2D eigenvalue weighted by Crippen LogP contribution is -2.12. The first-order chi connectivity index (χ1) is 16.1. The molecule has 0 atom stereocenters. The molecule has 0 fully saturated rings. The van der Waals surface area contributed by atoms with E-state index in [1.165, 1.54) is 33.4 Å². The van der Waals surface area contributed by atoms with Gasteiger partial charge in [0.25, 0.3) is 5.91 Å². The molecule has 0 spiro atoms. The van der Waals surface area contributed by atoms with Crippen LogP contribution in [-0.2, 0) is 0 Å². The Morgan fingerprint density at radius 3 is 1.53 bits per heavy atom. The summed E-state index contributed by atoms with van der Waals surface area (Å²) in [6.45, 7) is 26.4. The first-order valence-corrected chi connectivity index (χ1v) is 12.3. The van der Waals surface area contributed by atoms with Crippen molar-refractivity contribution in [2.24, 2.45) is 0 Å². The number of aryl methyl sites for hydroxylation is 6. The summed E-state index contributed by atoms with van der Waals surface area (Å²) in [4.78, 5) is 12.2. The molecule has 34 heavy (non-hydrogen) atoms. The van der Waals surface area contributed by atoms with E-state index in [0.717, 1.165) is 16.8 Å². The zero-order chi connectivity index (χ0) is 26.4. The number of hydrogen-bond donors (Lipinski definition) is 1. The number of amides is 1. The Labute approximate surface area is 209 Å². The summed E-state index contributed by atoms with van der Waals surface area (Å²) in [6.07, 6.45) is 0. The van der Waals surface area contributed by atoms with Crippen LogP contribution in [0.2, 0.25) is 0 Å². The highest BCUT2D eigenvalue weighted by atomic mass is 16.1. The van der Waals surface area contributed by atoms with Gasteiger partial charge < -0.3 is 5.32 Å². The second-order valence-corrected chi connectivity index (χ2v) is 8.10. The van der Waals surface area contributed by atoms with Gasteiger partial charge in [0.15, 0.2) is 0 Å². The molecule has 184 valence electrons. The van der Waals surface area contributed by atoms with E-state index in [0.29, 0.717) is 5.56 Å². The summed E-state index contributed by atoms with van der Waals surface area (Å²) < 4.78 is 0. The molecule has 1 N–H and O–H groups in total. The van der Waals surface area contributed by atoms with E-state index in [4.69, 9.17) is 0 Å². The molecule has 3 rings (SSSR count). The number of carbonyl (C=O) groups excluding carboxylic acids is 1. The van der Waals surface area contributed by atoms with Crippen molar-refractivity contribution in [2.75, 3.05) is 5.32 Å². The minimum absolute atomic E-state index is 0.0636. The molecule has 0 aliphatic heterocycles. The molecule has 1 amide bonds. The molecular formula is C32H45NO. The Hall–Kier alpha value is -3.13. The van der Waals surface area contributed by atoms with Crippen molar-refractivity contribution in [2.45, 2.75) is 76.2 Å². The summed E-state index contributed by atoms with van der Waals surface area (Å²) in [7, 11) is 0. The van der Waals surface area contributed by atoms with Gasteiger partial charge in [-0.1, -0.05) is 70.2 Å². The van der Waals surface area contributed by atoms with Gasteiger partial charge in [-0.05, 0) is 112 Å². The van der Waals surface area contributed by atoms with Crippen molar-refractivity contribution in [1.82, 2.24) is 0 Å². The minimum atomic E-state index is -0.0636. The third-order valence-corrected chi connectivity index (χ3v) is 5.44. The van der Waals surface area contributed by atoms with Gasteiger partial charge in [0, 0.05) is 11.3 Å². The van der Waals surface area contributed by atoms with Crippen molar-refractivity contribution >= 4 is 17.2 Å². The molecule has 0 heterocycles. The Morgan fingerprint density at radius 2 is 1.12 bits per heavy atom. The van der Waals surface area contributed by atoms with E-state index >= 15 is 0 Å². The van der Waals surface area contributed by atoms with Crippen LogP contribution in [0, 0.1) is 41.5 Å². The number of anilines is 1. The van der Waals surface area contributed by atoms with Crippen LogP contribution in [-0.4, -0.2) is 5.91 Å². The number of benzene rings is 3. The Morgan fingerprint density at radius 1 is 0.647 bits per heavy atom. The molecular weight excluding hydrogens is 414 g/mol. The van der Waals surface area contributed by atoms with Gasteiger partial charge in [0.05, 0.1) is 0 Å². The minimum Gasteiger partial charge on any atom is -0.322 e. The van der Waals surface area contributed by atoms with Gasteiger partial charge in [-0.25, -0.2) is 0 Å². The molecule has 0 radical (unpaired) electrons. The number of hydrogen-bond acceptors (Lipinski definition) is 1. The second kappa shape index (κ2) is 15.7. The van der Waals surface area contributed by atoms with E-state index in [-0.39, 0.29) is 5.91 Å². The lowest BCUT2D eigenvalue weighted by molar-refractivity contribution is 0.102. The summed E-state index contributed by atoms with van der Waals surface area (Å²) >= 11 is 0. The highest BCUT2D eigenvalue weighted by Gasteiger charge is 2.07. The molecule has 0 saturated carbocycles. The van der Waals surface area contributed by atoms with Crippen LogP contribution in [0.3, 0.4) is 0 Å². The molecule has 0 bridgehead atoms. The summed E-state index contributed by atoms with van der Waals surface area (Å²) in [5, 5.41) is 2.93. The van der Waals surface area contributed by atoms with E-state index in [1.54, 1.807) is 0 Å². The van der Waals surface area contributed by atoms with Gasteiger partial charge >= 0.3 is 0 Å². The van der Waals surface area contributed by atoms with Crippen LogP contribution in [0.1, 0.15) is 83.9 Å². The molecule has 0 saturated heterocycles. The van der Waals surface area contributed by atoms with E-state index < -0.39 is 0 Å². The molecule has 0 aliphatic rings. The third kappa shape index (κ3) is 9.39. The number of nitrogens with one attached hydrogen (secondary N) is 1. The quantitative estimate of drug-likeness (QED) is 0.415. The number of allylic oxidation sites excluding steroid dienone is 1. The predicted molar refractivity (Wildman–Crippen MR) is 153 cm³/mol. The van der Waals surface area contributed by atoms with E-state index in [9.17, 15) is 4.79 Å². The zero-order valence-corrected chi connectivity index (χ0v) is 23.3. The third-order valence-electron chi connectivity index (χ3n) is 5.44. The van der Waals surface area contributed by atoms with Gasteiger partial charge in [0.1, 0.15) is 0 Å². The molecule has 0 unspecified atom stereocenters. The molecule has 2 heteroatoms. The maximum Gasteiger partial charge on any atom is 0.255 e. The predicted octanol–water partition coefficient (Wildman–Crippen LogP) is 9.56. The van der Waals surface area contributed by atoms with Crippen LogP contribution in [0.5, 0.6) is 0 Å². The zero-order valence-electron chi connectivity index (χ0n) is 23.3. The standard InChI is InChI=1S/C17H19NO.C11H14.2C2H6/c1-11-5-7-15(9-13(11)3)17(19)18-16-8-6-12(2)14(4)10-16;1-8(2)11-9(3)6-5-7-10(11)4;2*1-2/h5-10H,1-4H3,(H,18,19);5-7H,1H2,2-4H3;2*1-2H3. The van der Waals surface area contributed by atoms with Crippen LogP contribution >= 0.6 is 0 Å². The Balaban J connectivity index is 0.000000618. The lowest BCUT2D eigenvalue weighted by atomic mass is 9.98. The molecule has 0 aromatic heterocycles. The fraction of sp³-hybridized carbons (Fsp3) is 0.344. The smallest absolute Gasteiger partial charge is 0.255 e. The van der Waals surface area contributed by atoms with Crippen molar-refractivity contribution in [3.63, 3.8) is 0 Å². The normalized spacial score (nSPS) is 9.26. The summed E-state index contributed by atoms with van der Waals surface area (Å²) in [5.41, 5.74) is 11.4. The van der Waals surface area contributed by atoms with Crippen molar-refractivity contribution < 1.29 is 4.79 Å². The Bertz CT molecular complexity index is 1060. The van der Waals surface area contributed by atoms with Crippen molar-refractivity contribution in [3.8, 4) is 0 Å². The summed E-state index contributed by atoms with van der Waals surface area (Å²) in [5.74, 6) is -0.0636. The average Bonchev–Trinajstić information content (AvgIpc) is 2.81. The first-order valence-electron chi connectivity index (χ1n) is 12.3. The highest BCUT2D eigenvalue weighted by Crippen LogP contribution is 2.20. The first kappa shape index (κ1) is 30.9. The lowest BCUT2D eigenvalue weighted by Gasteiger charge is -2.09. The maximum absolute atomic E-state index is 12.2. The van der Waals surface area contributed by atoms with Gasteiger partial charge in [0.2, 0.25) is 0 Å². The van der Waals surface area contributed by atoms with Crippen LogP contribution in [0.4, 0.5) is 5.69 Å². The van der Waals surface area contributed by atoms with Gasteiger partial charge in [-0.3, -0.25) is 4.79 Å². The van der Waals surface area contributed by atoms with Gasteiger partial charge in [-0.15, -0.1) is 0 Å². The molecule has 2 nitrogen and oxygen atoms in total. The van der Waals surface area contributed by atoms with Gasteiger partial charge in [-0.2, -0.15) is 0 Å². The summed E-state index contributed by atoms with van der Waals surface area (Å²) in [6, 6.07) is 18.0. The monoisotopic (exact) mass is 459 g/mol. The second-order valence-electron chi connectivity index (χ2n) is 8.10. The fourth-order valence-corrected chi connectivity index (χ4v) is 3.39. The van der Waals surface area contributed by atoms with Crippen molar-refractivity contribution in [1.29, 1.82) is 0 Å². The topological polar surface area (TPSA) is 29.1 Å². The van der Waals surface area contributed by atoms with E-state index in [2.05, 4.69) is 57.8 Å². The van der Waals surface area contributed by atoms with E-state index in [1.807, 2.05) is 84.9 Å². The molecule has 0 aliphatic carbocycles. The van der Waals surface area contributed by atoms with Crippen molar-refractivity contribution in [3.05, 3.63) is 106 Å². The van der Waals surface area contributed by atoms with Crippen LogP contribution in [0.15, 0.2) is 61.2 Å². The number of rotatable bonds is 3. The maximum atomic E-state index is 12.2. The molecule has 3 aromatic rings. The number of carbonyl (C=O) groups is 1. The SMILES string of the molecule is C=C(C)c1c(C)cccc1C.CC.CC.Cc1ccc(NC(=O)c2ccc(C)c(C)c2)cc1C. The molecule has 3 aromatic carbocycles. The van der Waals surface area contributed by atoms with Crippen LogP contribution in [0.25, 0.3) is 5.57 Å². The fourth-order valence-electron chi connectivity index (χ4n) is 3.39.